The average molecular weight is 369 g/mol. The smallest absolute Gasteiger partial charge is 0.279 e. The number of thiazole rings is 1. The first kappa shape index (κ1) is 18.5. The number of amides is 1. The monoisotopic (exact) mass is 368 g/mol. The maximum atomic E-state index is 12.7. The van der Waals surface area contributed by atoms with Gasteiger partial charge in [0, 0.05) is 18.7 Å². The first-order valence-electron chi connectivity index (χ1n) is 8.84. The maximum Gasteiger partial charge on any atom is 0.279 e. The van der Waals surface area contributed by atoms with E-state index in [0.717, 1.165) is 20.6 Å². The van der Waals surface area contributed by atoms with Gasteiger partial charge < -0.3 is 9.30 Å². The number of fused-ring (bicyclic) bond motifs is 1. The van der Waals surface area contributed by atoms with Crippen LogP contribution >= 0.6 is 11.3 Å². The molecule has 0 unspecified atom stereocenters. The van der Waals surface area contributed by atoms with Crippen molar-refractivity contribution in [2.24, 2.45) is 4.99 Å². The summed E-state index contributed by atoms with van der Waals surface area (Å²) in [5, 5.41) is 0. The molecule has 0 saturated carbocycles. The van der Waals surface area contributed by atoms with Crippen LogP contribution in [0.5, 0.6) is 0 Å². The summed E-state index contributed by atoms with van der Waals surface area (Å²) in [4.78, 5) is 17.9. The number of hydrogen-bond donors (Lipinski definition) is 0. The second-order valence-corrected chi connectivity index (χ2v) is 7.38. The molecule has 1 aromatic heterocycles. The van der Waals surface area contributed by atoms with Crippen molar-refractivity contribution in [2.45, 2.75) is 34.2 Å². The number of nitrogens with zero attached hydrogens (tertiary/aromatic N) is 2. The highest BCUT2D eigenvalue weighted by Crippen LogP contribution is 2.22. The second-order valence-electron chi connectivity index (χ2n) is 6.37. The molecule has 0 aliphatic carbocycles. The second kappa shape index (κ2) is 7.98. The zero-order chi connectivity index (χ0) is 18.7. The van der Waals surface area contributed by atoms with Crippen LogP contribution in [0.2, 0.25) is 0 Å². The zero-order valence-electron chi connectivity index (χ0n) is 15.7. The van der Waals surface area contributed by atoms with Crippen molar-refractivity contribution < 1.29 is 9.53 Å². The molecule has 3 rings (SSSR count). The molecular weight excluding hydrogens is 344 g/mol. The van der Waals surface area contributed by atoms with Gasteiger partial charge in [-0.25, -0.2) is 0 Å². The summed E-state index contributed by atoms with van der Waals surface area (Å²) in [5.74, 6) is -0.201. The normalized spacial score (nSPS) is 12.1. The van der Waals surface area contributed by atoms with Crippen molar-refractivity contribution >= 4 is 27.5 Å². The van der Waals surface area contributed by atoms with Crippen molar-refractivity contribution in [3.8, 4) is 0 Å². The minimum atomic E-state index is -0.201. The fraction of sp³-hybridized carbons (Fsp3) is 0.333. The van der Waals surface area contributed by atoms with Gasteiger partial charge in [0.15, 0.2) is 4.80 Å². The number of aryl methyl sites for hydroxylation is 3. The molecule has 4 nitrogen and oxygen atoms in total. The highest BCUT2D eigenvalue weighted by atomic mass is 32.1. The van der Waals surface area contributed by atoms with E-state index in [1.54, 1.807) is 11.3 Å². The summed E-state index contributed by atoms with van der Waals surface area (Å²) in [5.41, 5.74) is 5.17. The quantitative estimate of drug-likeness (QED) is 0.626. The standard InChI is InChI=1S/C21H24N2O2S/c1-5-25-11-10-23-18-12-15(3)16(4)13-19(18)26-21(23)22-20(24)17-9-7-6-8-14(17)2/h6-9,12-13H,5,10-11H2,1-4H3. The lowest BCUT2D eigenvalue weighted by Gasteiger charge is -2.07. The van der Waals surface area contributed by atoms with Crippen LogP contribution in [-0.4, -0.2) is 23.7 Å². The SMILES string of the molecule is CCOCCn1c(=NC(=O)c2ccccc2C)sc2cc(C)c(C)cc21. The molecular formula is C21H24N2O2S. The molecule has 1 heterocycles. The van der Waals surface area contributed by atoms with Gasteiger partial charge in [-0.3, -0.25) is 4.79 Å². The van der Waals surface area contributed by atoms with Crippen molar-refractivity contribution in [1.29, 1.82) is 0 Å². The predicted octanol–water partition coefficient (Wildman–Crippen LogP) is 4.41. The van der Waals surface area contributed by atoms with E-state index in [1.807, 2.05) is 38.1 Å². The van der Waals surface area contributed by atoms with E-state index < -0.39 is 0 Å². The van der Waals surface area contributed by atoms with Gasteiger partial charge in [0.25, 0.3) is 5.91 Å². The third kappa shape index (κ3) is 3.79. The molecule has 0 radical (unpaired) electrons. The summed E-state index contributed by atoms with van der Waals surface area (Å²) in [6, 6.07) is 11.9. The van der Waals surface area contributed by atoms with Gasteiger partial charge in [0.05, 0.1) is 16.8 Å². The van der Waals surface area contributed by atoms with Gasteiger partial charge in [0.2, 0.25) is 0 Å². The number of rotatable bonds is 5. The summed E-state index contributed by atoms with van der Waals surface area (Å²) in [6.07, 6.45) is 0. The Balaban J connectivity index is 2.12. The van der Waals surface area contributed by atoms with E-state index in [1.165, 1.54) is 11.1 Å². The molecule has 136 valence electrons. The molecule has 0 spiro atoms. The van der Waals surface area contributed by atoms with Crippen LogP contribution in [0.15, 0.2) is 41.4 Å². The molecule has 0 saturated heterocycles. The number of ether oxygens (including phenoxy) is 1. The Bertz CT molecular complexity index is 1010. The van der Waals surface area contributed by atoms with Crippen molar-refractivity contribution in [2.75, 3.05) is 13.2 Å². The zero-order valence-corrected chi connectivity index (χ0v) is 16.5. The van der Waals surface area contributed by atoms with Crippen molar-refractivity contribution in [3.63, 3.8) is 0 Å². The fourth-order valence-corrected chi connectivity index (χ4v) is 4.02. The van der Waals surface area contributed by atoms with Crippen LogP contribution in [0.4, 0.5) is 0 Å². The van der Waals surface area contributed by atoms with Crippen LogP contribution in [0.1, 0.15) is 34.0 Å². The number of hydrogen-bond acceptors (Lipinski definition) is 3. The lowest BCUT2D eigenvalue weighted by Crippen LogP contribution is -2.20. The molecule has 0 aliphatic heterocycles. The predicted molar refractivity (Wildman–Crippen MR) is 107 cm³/mol. The van der Waals surface area contributed by atoms with Gasteiger partial charge in [-0.1, -0.05) is 29.5 Å². The van der Waals surface area contributed by atoms with Gasteiger partial charge >= 0.3 is 0 Å². The largest absolute Gasteiger partial charge is 0.380 e. The summed E-state index contributed by atoms with van der Waals surface area (Å²) in [7, 11) is 0. The molecule has 0 fully saturated rings. The number of benzene rings is 2. The Morgan fingerprint density at radius 3 is 2.58 bits per heavy atom. The van der Waals surface area contributed by atoms with Gasteiger partial charge in [-0.05, 0) is 62.6 Å². The molecule has 1 amide bonds. The van der Waals surface area contributed by atoms with E-state index >= 15 is 0 Å². The molecule has 26 heavy (non-hydrogen) atoms. The first-order valence-corrected chi connectivity index (χ1v) is 9.66. The number of carbonyl (C=O) groups excluding carboxylic acids is 1. The third-order valence-corrected chi connectivity index (χ3v) is 5.58. The first-order chi connectivity index (χ1) is 12.5. The lowest BCUT2D eigenvalue weighted by atomic mass is 10.1. The van der Waals surface area contributed by atoms with Crippen molar-refractivity contribution in [1.82, 2.24) is 4.57 Å². The fourth-order valence-electron chi connectivity index (χ4n) is 2.88. The lowest BCUT2D eigenvalue weighted by molar-refractivity contribution is 0.0996. The summed E-state index contributed by atoms with van der Waals surface area (Å²) >= 11 is 1.55. The minimum Gasteiger partial charge on any atom is -0.380 e. The third-order valence-electron chi connectivity index (χ3n) is 4.53. The van der Waals surface area contributed by atoms with E-state index in [9.17, 15) is 4.79 Å². The maximum absolute atomic E-state index is 12.7. The van der Waals surface area contributed by atoms with Crippen LogP contribution in [0.3, 0.4) is 0 Å². The highest BCUT2D eigenvalue weighted by molar-refractivity contribution is 7.16. The molecule has 5 heteroatoms. The average Bonchev–Trinajstić information content (AvgIpc) is 2.92. The molecule has 0 atom stereocenters. The number of carbonyl (C=O) groups is 1. The van der Waals surface area contributed by atoms with Gasteiger partial charge in [-0.15, -0.1) is 0 Å². The topological polar surface area (TPSA) is 43.6 Å². The Kier molecular flexibility index (Phi) is 5.69. The summed E-state index contributed by atoms with van der Waals surface area (Å²) in [6.45, 7) is 10.1. The summed E-state index contributed by atoms with van der Waals surface area (Å²) < 4.78 is 8.77. The molecule has 0 bridgehead atoms. The van der Waals surface area contributed by atoms with E-state index in [4.69, 9.17) is 4.74 Å². The Labute approximate surface area is 157 Å². The highest BCUT2D eigenvalue weighted by Gasteiger charge is 2.11. The van der Waals surface area contributed by atoms with E-state index in [0.29, 0.717) is 25.3 Å². The van der Waals surface area contributed by atoms with Crippen LogP contribution in [-0.2, 0) is 11.3 Å². The Hall–Kier alpha value is -2.24. The molecule has 3 aromatic rings. The van der Waals surface area contributed by atoms with E-state index in [-0.39, 0.29) is 5.91 Å². The number of aromatic nitrogens is 1. The Morgan fingerprint density at radius 1 is 1.12 bits per heavy atom. The minimum absolute atomic E-state index is 0.201. The molecule has 0 N–H and O–H groups in total. The molecule has 0 aliphatic rings. The van der Waals surface area contributed by atoms with Crippen LogP contribution in [0, 0.1) is 20.8 Å². The van der Waals surface area contributed by atoms with Crippen molar-refractivity contribution in [3.05, 3.63) is 63.5 Å². The van der Waals surface area contributed by atoms with Crippen LogP contribution < -0.4 is 4.80 Å². The molecule has 2 aromatic carbocycles. The van der Waals surface area contributed by atoms with E-state index in [2.05, 4.69) is 35.5 Å². The Morgan fingerprint density at radius 2 is 1.85 bits per heavy atom. The van der Waals surface area contributed by atoms with Gasteiger partial charge in [-0.2, -0.15) is 4.99 Å². The van der Waals surface area contributed by atoms with Crippen LogP contribution in [0.25, 0.3) is 10.2 Å². The van der Waals surface area contributed by atoms with Gasteiger partial charge in [0.1, 0.15) is 0 Å².